The molecule has 1 amide bonds. The third-order valence-corrected chi connectivity index (χ3v) is 26.5. The molecule has 100 heavy (non-hydrogen) atoms. The van der Waals surface area contributed by atoms with E-state index >= 15 is 0 Å². The van der Waals surface area contributed by atoms with Crippen molar-refractivity contribution < 1.29 is 91.3 Å². The van der Waals surface area contributed by atoms with E-state index < -0.39 is 94.8 Å². The molecule has 5 N–H and O–H groups in total. The topological polar surface area (TPSA) is 224 Å². The van der Waals surface area contributed by atoms with Gasteiger partial charge in [-0.15, -0.1) is 0 Å². The molecule has 8 aliphatic rings. The molecular formula is C72H99F10N5O11S2. The van der Waals surface area contributed by atoms with Gasteiger partial charge in [0.25, 0.3) is 5.69 Å². The van der Waals surface area contributed by atoms with Crippen LogP contribution in [0.5, 0.6) is 17.2 Å². The summed E-state index contributed by atoms with van der Waals surface area (Å²) in [7, 11) is 1.19. The monoisotopic (exact) mass is 1460 g/mol. The smallest absolute Gasteiger partial charge is 0.410 e. The number of nitro groups is 1. The number of piperidine rings is 2. The molecule has 28 heteroatoms. The molecule has 14 atom stereocenters. The highest BCUT2D eigenvalue weighted by molar-refractivity contribution is 7.85. The number of hydrogen-bond acceptors (Lipinski definition) is 14. The van der Waals surface area contributed by atoms with E-state index in [1.165, 1.54) is 55.8 Å². The van der Waals surface area contributed by atoms with Gasteiger partial charge in [-0.1, -0.05) is 26.0 Å². The number of nitro benzene ring substituents is 1. The van der Waals surface area contributed by atoms with Gasteiger partial charge in [-0.3, -0.25) is 18.5 Å². The molecule has 2 heterocycles. The predicted octanol–water partition coefficient (Wildman–Crippen LogP) is 15.0. The van der Waals surface area contributed by atoms with Crippen LogP contribution in [0.15, 0.2) is 60.7 Å². The lowest BCUT2D eigenvalue weighted by molar-refractivity contribution is -0.384. The number of nitrogens with two attached hydrogens (primary N) is 1. The average molecular weight is 1460 g/mol. The number of amides is 1. The summed E-state index contributed by atoms with van der Waals surface area (Å²) in [5.74, 6) is -6.65. The van der Waals surface area contributed by atoms with Gasteiger partial charge in [-0.25, -0.2) is 9.59 Å². The van der Waals surface area contributed by atoms with Crippen LogP contribution in [0, 0.1) is 56.5 Å². The van der Waals surface area contributed by atoms with Crippen molar-refractivity contribution in [3.8, 4) is 17.2 Å². The summed E-state index contributed by atoms with van der Waals surface area (Å²) in [4.78, 5) is 40.1. The van der Waals surface area contributed by atoms with Crippen LogP contribution in [0.4, 0.5) is 59.2 Å². The minimum absolute atomic E-state index is 0.0805. The van der Waals surface area contributed by atoms with Gasteiger partial charge in [0.2, 0.25) is 0 Å². The number of carbonyl (C=O) groups is 2. The van der Waals surface area contributed by atoms with Crippen molar-refractivity contribution in [2.45, 2.75) is 215 Å². The fraction of sp³-hybridized carbons (Fsp3) is 0.722. The Labute approximate surface area is 584 Å². The number of alkyl halides is 10. The number of fused-ring (bicyclic) bond motifs is 10. The molecule has 2 unspecified atom stereocenters. The van der Waals surface area contributed by atoms with E-state index in [0.29, 0.717) is 55.2 Å². The van der Waals surface area contributed by atoms with Crippen LogP contribution in [-0.2, 0) is 34.4 Å². The van der Waals surface area contributed by atoms with Crippen molar-refractivity contribution in [3.63, 3.8) is 0 Å². The number of likely N-dealkylation sites (tertiary alicyclic amines) is 2. The van der Waals surface area contributed by atoms with Crippen LogP contribution >= 0.6 is 0 Å². The Bertz CT molecular complexity index is 3290. The number of aliphatic hydroxyl groups excluding tert-OH is 2. The number of aliphatic hydroxyl groups is 2. The number of carbonyl (C=O) groups excluding carboxylic acids is 2. The standard InChI is InChI=1S/C33H47F5N2O4S.C33H38F5NO7S.C6H14N2/c1-31-14-10-26-25-7-6-24(44-30(42)39-23-11-15-40(2)16-12-23)20-22(25)19-21(29(26)27(31)8-9-28(31)41)5-3-17-45(43)18-4-13-32(34,35)33(36,37)38;1-31-15-13-26-25-10-9-24(46-30(41)45-23-7-5-22(6-8-23)39(42)43)19-21(25)18-20(29(26)27(31)11-12-28(31)40)4-2-16-47(44)17-3-14-32(34,35)33(36,37)38;1-8-4-2-6(7)3-5-8/h6-7,20-21,23,26-29,41H,3-5,8-19H2,1-2H3,(H,39,42);5-10,19-20,26-29,40H,2-4,11-18H2,1H3;6H,2-5,7H2,1H3/t21-,26-,27+,28+,29-,31+,45?;20-,26-,27+,28+,29-,31+,47?;/m11./s1. The number of ether oxygens (including phenoxy) is 3. The zero-order valence-electron chi connectivity index (χ0n) is 57.5. The highest BCUT2D eigenvalue weighted by atomic mass is 32.2. The SMILES string of the molecule is CN1CCC(N)CC1.CN1CCC(NC(=O)Oc2ccc3c(c2)C[C@@H](CCCS(=O)CCCC(F)(F)C(F)(F)F)[C@@H]2[C@@H]3CC[C@]3(C)[C@@H](O)CC[C@@H]23)CC1.C[C@]12CC[C@@H]3c4ccc(OC(=O)Oc5ccc([N+](=O)[O-])cc5)cc4C[C@@H](CCCS(=O)CCCC(F)(F)C(F)(F)F)[C@H]3[C@@H]1CC[C@@H]2O. The maximum atomic E-state index is 13.3. The summed E-state index contributed by atoms with van der Waals surface area (Å²) in [5, 5.41) is 35.7. The molecular weight excluding hydrogens is 1360 g/mol. The number of nitrogens with zero attached hydrogens (tertiary/aromatic N) is 3. The second-order valence-corrected chi connectivity index (χ2v) is 33.4. The summed E-state index contributed by atoms with van der Waals surface area (Å²) in [5.41, 5.74) is 9.69. The number of hydrogen-bond donors (Lipinski definition) is 4. The van der Waals surface area contributed by atoms with Gasteiger partial charge in [0.15, 0.2) is 0 Å². The second-order valence-electron chi connectivity index (χ2n) is 30.1. The van der Waals surface area contributed by atoms with E-state index in [0.717, 1.165) is 107 Å². The maximum absolute atomic E-state index is 13.3. The fourth-order valence-electron chi connectivity index (χ4n) is 17.9. The molecule has 11 rings (SSSR count). The zero-order valence-corrected chi connectivity index (χ0v) is 59.1. The molecule has 2 aliphatic heterocycles. The molecule has 3 aromatic carbocycles. The minimum atomic E-state index is -5.62. The van der Waals surface area contributed by atoms with Gasteiger partial charge >= 0.3 is 36.4 Å². The summed E-state index contributed by atoms with van der Waals surface area (Å²) in [6.45, 7) is 8.56. The van der Waals surface area contributed by atoms with E-state index in [1.54, 1.807) is 12.1 Å². The highest BCUT2D eigenvalue weighted by Gasteiger charge is 2.60. The largest absolute Gasteiger partial charge is 0.519 e. The lowest BCUT2D eigenvalue weighted by Gasteiger charge is -2.53. The summed E-state index contributed by atoms with van der Waals surface area (Å²) >= 11 is 0. The molecule has 6 aliphatic carbocycles. The van der Waals surface area contributed by atoms with Gasteiger partial charge in [0, 0.05) is 81.7 Å². The van der Waals surface area contributed by atoms with Crippen LogP contribution in [0.3, 0.4) is 0 Å². The third kappa shape index (κ3) is 19.5. The molecule has 0 aromatic heterocycles. The molecule has 0 bridgehead atoms. The Hall–Kier alpha value is -5.00. The van der Waals surface area contributed by atoms with Crippen LogP contribution in [0.25, 0.3) is 0 Å². The van der Waals surface area contributed by atoms with E-state index in [9.17, 15) is 82.2 Å². The Kier molecular flexibility index (Phi) is 26.4. The van der Waals surface area contributed by atoms with Crippen molar-refractivity contribution in [3.05, 3.63) is 93.0 Å². The molecule has 4 saturated carbocycles. The lowest BCUT2D eigenvalue weighted by Crippen LogP contribution is -2.47. The van der Waals surface area contributed by atoms with E-state index in [2.05, 4.69) is 49.1 Å². The maximum Gasteiger partial charge on any atom is 0.519 e. The summed E-state index contributed by atoms with van der Waals surface area (Å²) < 4.78 is 169. The number of halogens is 10. The average Bonchev–Trinajstić information content (AvgIpc) is 1.50. The lowest BCUT2D eigenvalue weighted by atomic mass is 9.52. The second kappa shape index (κ2) is 33.4. The van der Waals surface area contributed by atoms with Crippen LogP contribution in [-0.4, -0.2) is 157 Å². The van der Waals surface area contributed by atoms with E-state index in [1.807, 2.05) is 18.2 Å². The molecule has 2 saturated heterocycles. The highest BCUT2D eigenvalue weighted by Crippen LogP contribution is 2.65. The Balaban J connectivity index is 0.000000210. The number of nitrogens with one attached hydrogen (secondary N) is 1. The van der Waals surface area contributed by atoms with Crippen molar-refractivity contribution in [2.24, 2.45) is 52.1 Å². The first-order valence-corrected chi connectivity index (χ1v) is 38.5. The summed E-state index contributed by atoms with van der Waals surface area (Å²) in [6, 6.07) is 16.9. The predicted molar refractivity (Wildman–Crippen MR) is 361 cm³/mol. The van der Waals surface area contributed by atoms with E-state index in [-0.39, 0.29) is 92.8 Å². The third-order valence-electron chi connectivity index (χ3n) is 23.6. The molecule has 560 valence electrons. The first-order chi connectivity index (χ1) is 47.0. The molecule has 16 nitrogen and oxygen atoms in total. The molecule has 6 fully saturated rings. The number of non-ortho nitro benzene ring substituents is 1. The van der Waals surface area contributed by atoms with Gasteiger partial charge < -0.3 is 45.3 Å². The van der Waals surface area contributed by atoms with Crippen LogP contribution in [0.1, 0.15) is 176 Å². The minimum Gasteiger partial charge on any atom is -0.410 e. The van der Waals surface area contributed by atoms with Gasteiger partial charge in [0.1, 0.15) is 17.2 Å². The molecule has 3 aromatic rings. The zero-order chi connectivity index (χ0) is 72.7. The van der Waals surface area contributed by atoms with Gasteiger partial charge in [0.05, 0.1) is 17.1 Å². The Morgan fingerprint density at radius 3 is 1.41 bits per heavy atom. The first kappa shape index (κ1) is 79.1. The van der Waals surface area contributed by atoms with Crippen LogP contribution in [0.2, 0.25) is 0 Å². The van der Waals surface area contributed by atoms with Crippen molar-refractivity contribution in [1.82, 2.24) is 15.1 Å². The van der Waals surface area contributed by atoms with Crippen LogP contribution < -0.4 is 25.3 Å². The Morgan fingerprint density at radius 2 is 0.990 bits per heavy atom. The van der Waals surface area contributed by atoms with Crippen molar-refractivity contribution >= 4 is 39.5 Å². The number of benzene rings is 3. The first-order valence-electron chi connectivity index (χ1n) is 35.5. The van der Waals surface area contributed by atoms with Crippen molar-refractivity contribution in [2.75, 3.05) is 63.3 Å². The molecule has 0 spiro atoms. The quantitative estimate of drug-likeness (QED) is 0.0256. The molecule has 0 radical (unpaired) electrons. The van der Waals surface area contributed by atoms with Crippen molar-refractivity contribution in [1.29, 1.82) is 0 Å². The summed E-state index contributed by atoms with van der Waals surface area (Å²) in [6.07, 6.45) is -2.19. The van der Waals surface area contributed by atoms with E-state index in [4.69, 9.17) is 19.9 Å². The number of rotatable bonds is 21. The van der Waals surface area contributed by atoms with Gasteiger partial charge in [-0.2, -0.15) is 43.9 Å². The Morgan fingerprint density at radius 1 is 0.590 bits per heavy atom. The van der Waals surface area contributed by atoms with Gasteiger partial charge in [-0.05, 0) is 286 Å². The normalized spacial score (nSPS) is 29.3. The fourth-order valence-corrected chi connectivity index (χ4v) is 20.2.